The lowest BCUT2D eigenvalue weighted by molar-refractivity contribution is 0.104. The number of benzene rings is 3. The standard InChI is InChI=1S/C27H25FO2/c1-2-21-6-8-22(9-7-21)5-3-4-20-30-26-17-10-23(11-18-26)12-19-27(29)24-13-15-25(28)16-14-24/h2,6-19H,1,3-5,20H2. The molecule has 3 aromatic carbocycles. The van der Waals surface area contributed by atoms with Crippen molar-refractivity contribution < 1.29 is 13.9 Å². The molecule has 3 heteroatoms. The van der Waals surface area contributed by atoms with Crippen LogP contribution in [-0.2, 0) is 6.42 Å². The van der Waals surface area contributed by atoms with E-state index in [1.807, 2.05) is 30.3 Å². The molecule has 0 N–H and O–H groups in total. The minimum absolute atomic E-state index is 0.158. The van der Waals surface area contributed by atoms with Crippen molar-refractivity contribution in [3.05, 3.63) is 114 Å². The molecule has 152 valence electrons. The van der Waals surface area contributed by atoms with E-state index in [0.29, 0.717) is 12.2 Å². The third kappa shape index (κ3) is 6.56. The van der Waals surface area contributed by atoms with Gasteiger partial charge in [0.2, 0.25) is 0 Å². The van der Waals surface area contributed by atoms with E-state index in [0.717, 1.165) is 36.1 Å². The fourth-order valence-electron chi connectivity index (χ4n) is 3.00. The van der Waals surface area contributed by atoms with Crippen molar-refractivity contribution in [1.29, 1.82) is 0 Å². The normalized spacial score (nSPS) is 10.8. The Bertz CT molecular complexity index is 985. The van der Waals surface area contributed by atoms with Crippen LogP contribution in [0.3, 0.4) is 0 Å². The Morgan fingerprint density at radius 3 is 2.20 bits per heavy atom. The fourth-order valence-corrected chi connectivity index (χ4v) is 3.00. The van der Waals surface area contributed by atoms with E-state index < -0.39 is 0 Å². The second-order valence-corrected chi connectivity index (χ2v) is 7.02. The predicted octanol–water partition coefficient (Wildman–Crippen LogP) is 6.77. The number of rotatable bonds is 10. The number of carbonyl (C=O) groups is 1. The lowest BCUT2D eigenvalue weighted by atomic mass is 10.1. The summed E-state index contributed by atoms with van der Waals surface area (Å²) in [5.41, 5.74) is 3.83. The highest BCUT2D eigenvalue weighted by Crippen LogP contribution is 2.15. The SMILES string of the molecule is C=Cc1ccc(CCCCOc2ccc(C=CC(=O)c3ccc(F)cc3)cc2)cc1. The molecule has 3 rings (SSSR count). The van der Waals surface area contributed by atoms with Gasteiger partial charge >= 0.3 is 0 Å². The van der Waals surface area contributed by atoms with Gasteiger partial charge in [-0.05, 0) is 78.4 Å². The first-order chi connectivity index (χ1) is 14.6. The molecule has 0 saturated heterocycles. The molecule has 0 amide bonds. The molecule has 0 unspecified atom stereocenters. The van der Waals surface area contributed by atoms with Gasteiger partial charge in [-0.3, -0.25) is 4.79 Å². The summed E-state index contributed by atoms with van der Waals surface area (Å²) in [7, 11) is 0. The Balaban J connectivity index is 1.40. The monoisotopic (exact) mass is 400 g/mol. The Morgan fingerprint density at radius 2 is 1.53 bits per heavy atom. The van der Waals surface area contributed by atoms with E-state index in [-0.39, 0.29) is 11.6 Å². The topological polar surface area (TPSA) is 26.3 Å². The highest BCUT2D eigenvalue weighted by molar-refractivity contribution is 6.06. The molecule has 0 aromatic heterocycles. The number of ether oxygens (including phenoxy) is 1. The molecule has 30 heavy (non-hydrogen) atoms. The number of aryl methyl sites for hydroxylation is 1. The lowest BCUT2D eigenvalue weighted by Crippen LogP contribution is -1.98. The maximum atomic E-state index is 12.9. The Hall–Kier alpha value is -3.46. The Labute approximate surface area is 177 Å². The number of ketones is 1. The quantitative estimate of drug-likeness (QED) is 0.213. The molecule has 0 saturated carbocycles. The summed E-state index contributed by atoms with van der Waals surface area (Å²) < 4.78 is 18.7. The van der Waals surface area contributed by atoms with E-state index in [4.69, 9.17) is 4.74 Å². The number of hydrogen-bond donors (Lipinski definition) is 0. The number of allylic oxidation sites excluding steroid dienone is 1. The van der Waals surface area contributed by atoms with Crippen molar-refractivity contribution in [2.75, 3.05) is 6.61 Å². The minimum atomic E-state index is -0.353. The van der Waals surface area contributed by atoms with Crippen LogP contribution in [0.15, 0.2) is 85.5 Å². The molecule has 2 nitrogen and oxygen atoms in total. The smallest absolute Gasteiger partial charge is 0.185 e. The molecule has 0 aliphatic carbocycles. The first-order valence-electron chi connectivity index (χ1n) is 10.1. The third-order valence-corrected chi connectivity index (χ3v) is 4.78. The van der Waals surface area contributed by atoms with Crippen LogP contribution in [0.4, 0.5) is 4.39 Å². The van der Waals surface area contributed by atoms with Crippen molar-refractivity contribution in [2.24, 2.45) is 0 Å². The second kappa shape index (κ2) is 10.9. The summed E-state index contributed by atoms with van der Waals surface area (Å²) in [5, 5.41) is 0. The van der Waals surface area contributed by atoms with Crippen molar-refractivity contribution in [3.63, 3.8) is 0 Å². The summed E-state index contributed by atoms with van der Waals surface area (Å²) in [4.78, 5) is 12.1. The molecule has 0 aliphatic rings. The van der Waals surface area contributed by atoms with E-state index in [2.05, 4.69) is 30.8 Å². The van der Waals surface area contributed by atoms with Gasteiger partial charge in [-0.1, -0.05) is 55.1 Å². The van der Waals surface area contributed by atoms with Crippen molar-refractivity contribution >= 4 is 17.9 Å². The van der Waals surface area contributed by atoms with Crippen molar-refractivity contribution in [1.82, 2.24) is 0 Å². The summed E-state index contributed by atoms with van der Waals surface area (Å²) in [5.74, 6) is 0.301. The molecule has 0 radical (unpaired) electrons. The Morgan fingerprint density at radius 1 is 0.867 bits per heavy atom. The molecule has 0 bridgehead atoms. The van der Waals surface area contributed by atoms with E-state index in [9.17, 15) is 9.18 Å². The van der Waals surface area contributed by atoms with Gasteiger partial charge in [-0.25, -0.2) is 4.39 Å². The van der Waals surface area contributed by atoms with E-state index in [1.54, 1.807) is 6.08 Å². The van der Waals surface area contributed by atoms with Crippen LogP contribution in [0.2, 0.25) is 0 Å². The molecular formula is C27H25FO2. The predicted molar refractivity (Wildman–Crippen MR) is 121 cm³/mol. The van der Waals surface area contributed by atoms with Crippen LogP contribution in [0.5, 0.6) is 5.75 Å². The number of carbonyl (C=O) groups excluding carboxylic acids is 1. The summed E-state index contributed by atoms with van der Waals surface area (Å²) >= 11 is 0. The fraction of sp³-hybridized carbons (Fsp3) is 0.148. The zero-order valence-corrected chi connectivity index (χ0v) is 16.9. The van der Waals surface area contributed by atoms with Gasteiger partial charge in [0.25, 0.3) is 0 Å². The molecular weight excluding hydrogens is 375 g/mol. The van der Waals surface area contributed by atoms with Gasteiger partial charge < -0.3 is 4.74 Å². The minimum Gasteiger partial charge on any atom is -0.494 e. The van der Waals surface area contributed by atoms with Gasteiger partial charge in [-0.15, -0.1) is 0 Å². The van der Waals surface area contributed by atoms with Crippen molar-refractivity contribution in [3.8, 4) is 5.75 Å². The number of hydrogen-bond acceptors (Lipinski definition) is 2. The number of unbranched alkanes of at least 4 members (excludes halogenated alkanes) is 1. The maximum absolute atomic E-state index is 12.9. The summed E-state index contributed by atoms with van der Waals surface area (Å²) in [6, 6.07) is 21.6. The molecule has 0 atom stereocenters. The van der Waals surface area contributed by atoms with Crippen LogP contribution in [0, 0.1) is 5.82 Å². The summed E-state index contributed by atoms with van der Waals surface area (Å²) in [6.07, 6.45) is 8.17. The maximum Gasteiger partial charge on any atom is 0.185 e. The Kier molecular flexibility index (Phi) is 7.73. The van der Waals surface area contributed by atoms with Crippen LogP contribution in [0.1, 0.15) is 39.9 Å². The molecule has 0 spiro atoms. The first-order valence-corrected chi connectivity index (χ1v) is 10.1. The molecule has 0 fully saturated rings. The van der Waals surface area contributed by atoms with Crippen LogP contribution >= 0.6 is 0 Å². The zero-order chi connectivity index (χ0) is 21.2. The molecule has 3 aromatic rings. The largest absolute Gasteiger partial charge is 0.494 e. The first kappa shape index (κ1) is 21.3. The highest BCUT2D eigenvalue weighted by atomic mass is 19.1. The lowest BCUT2D eigenvalue weighted by Gasteiger charge is -2.07. The molecule has 0 heterocycles. The van der Waals surface area contributed by atoms with Gasteiger partial charge in [0.1, 0.15) is 11.6 Å². The van der Waals surface area contributed by atoms with Gasteiger partial charge in [0.05, 0.1) is 6.61 Å². The van der Waals surface area contributed by atoms with E-state index >= 15 is 0 Å². The van der Waals surface area contributed by atoms with Crippen LogP contribution in [0.25, 0.3) is 12.2 Å². The average molecular weight is 400 g/mol. The van der Waals surface area contributed by atoms with Gasteiger partial charge in [0.15, 0.2) is 5.78 Å². The van der Waals surface area contributed by atoms with Crippen molar-refractivity contribution in [2.45, 2.75) is 19.3 Å². The average Bonchev–Trinajstić information content (AvgIpc) is 2.79. The molecule has 0 aliphatic heterocycles. The highest BCUT2D eigenvalue weighted by Gasteiger charge is 2.02. The van der Waals surface area contributed by atoms with Crippen LogP contribution < -0.4 is 4.74 Å². The number of halogens is 1. The second-order valence-electron chi connectivity index (χ2n) is 7.02. The van der Waals surface area contributed by atoms with E-state index in [1.165, 1.54) is 35.9 Å². The zero-order valence-electron chi connectivity index (χ0n) is 16.9. The third-order valence-electron chi connectivity index (χ3n) is 4.78. The van der Waals surface area contributed by atoms with Crippen LogP contribution in [-0.4, -0.2) is 12.4 Å². The van der Waals surface area contributed by atoms with Gasteiger partial charge in [-0.2, -0.15) is 0 Å². The summed E-state index contributed by atoms with van der Waals surface area (Å²) in [6.45, 7) is 4.44. The van der Waals surface area contributed by atoms with Gasteiger partial charge in [0, 0.05) is 5.56 Å².